The fourth-order valence-electron chi connectivity index (χ4n) is 1.19. The minimum atomic E-state index is -1.05. The summed E-state index contributed by atoms with van der Waals surface area (Å²) in [5.74, 6) is -2.25. The number of phenols is 2. The molecule has 0 saturated heterocycles. The van der Waals surface area contributed by atoms with E-state index in [-0.39, 0.29) is 12.1 Å². The molecule has 0 spiro atoms. The highest BCUT2D eigenvalue weighted by molar-refractivity contribution is 5.46. The molecule has 3 N–H and O–H groups in total. The van der Waals surface area contributed by atoms with Gasteiger partial charge in [0.15, 0.2) is 11.5 Å². The summed E-state index contributed by atoms with van der Waals surface area (Å²) in [5.41, 5.74) is 0.542. The Morgan fingerprint density at radius 2 is 1.93 bits per heavy atom. The summed E-state index contributed by atoms with van der Waals surface area (Å²) in [6.07, 6.45) is 0. The van der Waals surface area contributed by atoms with Crippen LogP contribution in [0.2, 0.25) is 0 Å². The molecule has 1 aromatic rings. The molecule has 0 atom stereocenters. The first-order valence-electron chi connectivity index (χ1n) is 4.03. The molecule has 0 saturated carbocycles. The van der Waals surface area contributed by atoms with E-state index in [9.17, 15) is 9.50 Å². The van der Waals surface area contributed by atoms with E-state index in [2.05, 4.69) is 0 Å². The second kappa shape index (κ2) is 3.81. The van der Waals surface area contributed by atoms with Crippen LogP contribution in [0.25, 0.3) is 0 Å². The van der Waals surface area contributed by atoms with Crippen LogP contribution in [0.3, 0.4) is 0 Å². The molecular formula is C9H12FNO3. The Labute approximate surface area is 80.8 Å². The minimum Gasteiger partial charge on any atom is -0.505 e. The van der Waals surface area contributed by atoms with Crippen LogP contribution in [0.5, 0.6) is 11.5 Å². The van der Waals surface area contributed by atoms with Crippen molar-refractivity contribution in [1.29, 1.82) is 0 Å². The van der Waals surface area contributed by atoms with Crippen LogP contribution in [0, 0.1) is 12.7 Å². The van der Waals surface area contributed by atoms with Crippen molar-refractivity contribution in [2.75, 3.05) is 7.05 Å². The summed E-state index contributed by atoms with van der Waals surface area (Å²) < 4.78 is 13.1. The summed E-state index contributed by atoms with van der Waals surface area (Å²) in [4.78, 5) is 0. The Balaban J connectivity index is 3.19. The van der Waals surface area contributed by atoms with Crippen molar-refractivity contribution in [3.63, 3.8) is 0 Å². The van der Waals surface area contributed by atoms with Gasteiger partial charge in [0.1, 0.15) is 0 Å². The van der Waals surface area contributed by atoms with Crippen LogP contribution in [-0.4, -0.2) is 27.5 Å². The molecule has 0 aromatic heterocycles. The summed E-state index contributed by atoms with van der Waals surface area (Å²) in [5, 5.41) is 28.1. The number of rotatable bonds is 2. The van der Waals surface area contributed by atoms with E-state index in [1.807, 2.05) is 0 Å². The van der Waals surface area contributed by atoms with Gasteiger partial charge in [0, 0.05) is 12.6 Å². The van der Waals surface area contributed by atoms with E-state index in [1.165, 1.54) is 20.0 Å². The largest absolute Gasteiger partial charge is 0.505 e. The first-order valence-corrected chi connectivity index (χ1v) is 4.03. The number of phenolic OH excluding ortho intramolecular Hbond substituents is 2. The molecule has 0 aliphatic heterocycles. The topological polar surface area (TPSA) is 63.9 Å². The third-order valence-electron chi connectivity index (χ3n) is 1.88. The maximum Gasteiger partial charge on any atom is 0.206 e. The van der Waals surface area contributed by atoms with E-state index in [4.69, 9.17) is 10.3 Å². The number of hydroxylamine groups is 2. The Bertz CT molecular complexity index is 352. The van der Waals surface area contributed by atoms with Crippen LogP contribution in [0.4, 0.5) is 4.39 Å². The Kier molecular flexibility index (Phi) is 2.93. The maximum atomic E-state index is 13.1. The average molecular weight is 201 g/mol. The first kappa shape index (κ1) is 10.7. The Morgan fingerprint density at radius 3 is 2.43 bits per heavy atom. The van der Waals surface area contributed by atoms with Gasteiger partial charge >= 0.3 is 0 Å². The molecule has 0 fully saturated rings. The van der Waals surface area contributed by atoms with Crippen molar-refractivity contribution in [2.45, 2.75) is 13.5 Å². The number of hydrogen-bond donors (Lipinski definition) is 3. The minimum absolute atomic E-state index is 0.0100. The molecule has 5 heteroatoms. The molecule has 1 aromatic carbocycles. The third kappa shape index (κ3) is 1.94. The van der Waals surface area contributed by atoms with Gasteiger partial charge in [-0.05, 0) is 18.6 Å². The van der Waals surface area contributed by atoms with E-state index in [0.717, 1.165) is 5.06 Å². The zero-order valence-electron chi connectivity index (χ0n) is 7.95. The molecule has 1 rings (SSSR count). The zero-order chi connectivity index (χ0) is 10.9. The summed E-state index contributed by atoms with van der Waals surface area (Å²) in [7, 11) is 1.37. The average Bonchev–Trinajstić information content (AvgIpc) is 2.10. The molecule has 0 heterocycles. The van der Waals surface area contributed by atoms with E-state index < -0.39 is 17.3 Å². The van der Waals surface area contributed by atoms with Crippen LogP contribution >= 0.6 is 0 Å². The third-order valence-corrected chi connectivity index (χ3v) is 1.88. The van der Waals surface area contributed by atoms with Gasteiger partial charge in [-0.15, -0.1) is 0 Å². The van der Waals surface area contributed by atoms with Crippen LogP contribution in [0.15, 0.2) is 6.07 Å². The summed E-state index contributed by atoms with van der Waals surface area (Å²) in [6, 6.07) is 1.42. The Morgan fingerprint density at radius 1 is 1.36 bits per heavy atom. The Hall–Kier alpha value is -1.33. The van der Waals surface area contributed by atoms with E-state index in [1.54, 1.807) is 0 Å². The molecule has 4 nitrogen and oxygen atoms in total. The smallest absolute Gasteiger partial charge is 0.206 e. The fourth-order valence-corrected chi connectivity index (χ4v) is 1.19. The van der Waals surface area contributed by atoms with Crippen LogP contribution < -0.4 is 0 Å². The van der Waals surface area contributed by atoms with Gasteiger partial charge in [0.25, 0.3) is 0 Å². The molecule has 0 aliphatic carbocycles. The van der Waals surface area contributed by atoms with Crippen LogP contribution in [-0.2, 0) is 6.54 Å². The first-order chi connectivity index (χ1) is 6.43. The lowest BCUT2D eigenvalue weighted by Crippen LogP contribution is -2.12. The fraction of sp³-hybridized carbons (Fsp3) is 0.333. The predicted molar refractivity (Wildman–Crippen MR) is 47.7 cm³/mol. The van der Waals surface area contributed by atoms with Crippen LogP contribution in [0.1, 0.15) is 11.1 Å². The van der Waals surface area contributed by atoms with Gasteiger partial charge in [0.2, 0.25) is 5.82 Å². The van der Waals surface area contributed by atoms with Crippen molar-refractivity contribution < 1.29 is 19.8 Å². The van der Waals surface area contributed by atoms with Gasteiger partial charge in [0.05, 0.1) is 6.54 Å². The van der Waals surface area contributed by atoms with Crippen molar-refractivity contribution in [1.82, 2.24) is 5.06 Å². The van der Waals surface area contributed by atoms with Gasteiger partial charge in [-0.2, -0.15) is 9.45 Å². The van der Waals surface area contributed by atoms with Crippen molar-refractivity contribution >= 4 is 0 Å². The molecule has 0 radical (unpaired) electrons. The highest BCUT2D eigenvalue weighted by atomic mass is 19.1. The summed E-state index contributed by atoms with van der Waals surface area (Å²) in [6.45, 7) is 1.50. The normalized spacial score (nSPS) is 10.9. The molecular weight excluding hydrogens is 189 g/mol. The molecule has 14 heavy (non-hydrogen) atoms. The maximum absolute atomic E-state index is 13.1. The lowest BCUT2D eigenvalue weighted by atomic mass is 10.1. The van der Waals surface area contributed by atoms with Gasteiger partial charge < -0.3 is 15.4 Å². The molecule has 0 aliphatic rings. The van der Waals surface area contributed by atoms with Crippen molar-refractivity contribution in [3.05, 3.63) is 23.0 Å². The number of benzene rings is 1. The quantitative estimate of drug-likeness (QED) is 0.632. The lowest BCUT2D eigenvalue weighted by Gasteiger charge is -2.12. The SMILES string of the molecule is Cc1cc(CN(C)O)c(O)c(F)c1O. The second-order valence-electron chi connectivity index (χ2n) is 3.18. The highest BCUT2D eigenvalue weighted by Crippen LogP contribution is 2.32. The molecule has 0 amide bonds. The number of nitrogens with zero attached hydrogens (tertiary/aromatic N) is 1. The second-order valence-corrected chi connectivity index (χ2v) is 3.18. The van der Waals surface area contributed by atoms with Gasteiger partial charge in [-0.25, -0.2) is 0 Å². The standard InChI is InChI=1S/C9H12FNO3/c1-5-3-6(4-11(2)14)9(13)7(10)8(5)12/h3,12-14H,4H2,1-2H3. The molecule has 0 bridgehead atoms. The predicted octanol–water partition coefficient (Wildman–Crippen LogP) is 1.37. The monoisotopic (exact) mass is 201 g/mol. The lowest BCUT2D eigenvalue weighted by molar-refractivity contribution is -0.0736. The number of aryl methyl sites for hydroxylation is 1. The van der Waals surface area contributed by atoms with Crippen molar-refractivity contribution in [2.24, 2.45) is 0 Å². The highest BCUT2D eigenvalue weighted by Gasteiger charge is 2.15. The number of halogens is 1. The van der Waals surface area contributed by atoms with Gasteiger partial charge in [-0.3, -0.25) is 0 Å². The number of hydrogen-bond acceptors (Lipinski definition) is 4. The van der Waals surface area contributed by atoms with E-state index >= 15 is 0 Å². The van der Waals surface area contributed by atoms with Gasteiger partial charge in [-0.1, -0.05) is 0 Å². The zero-order valence-corrected chi connectivity index (χ0v) is 7.95. The number of aromatic hydroxyl groups is 2. The van der Waals surface area contributed by atoms with E-state index in [0.29, 0.717) is 5.56 Å². The van der Waals surface area contributed by atoms with Crippen molar-refractivity contribution in [3.8, 4) is 11.5 Å². The molecule has 78 valence electrons. The molecule has 0 unspecified atom stereocenters. The summed E-state index contributed by atoms with van der Waals surface area (Å²) >= 11 is 0.